The molecule has 2 aromatic carbocycles. The van der Waals surface area contributed by atoms with E-state index in [2.05, 4.69) is 10.4 Å². The molecule has 5 rings (SSSR count). The van der Waals surface area contributed by atoms with Gasteiger partial charge < -0.3 is 19.5 Å². The van der Waals surface area contributed by atoms with E-state index in [4.69, 9.17) is 4.74 Å². The van der Waals surface area contributed by atoms with Crippen molar-refractivity contribution in [2.45, 2.75) is 12.8 Å². The van der Waals surface area contributed by atoms with Gasteiger partial charge in [-0.25, -0.2) is 9.07 Å². The van der Waals surface area contributed by atoms with E-state index in [1.165, 1.54) is 18.3 Å². The monoisotopic (exact) mass is 487 g/mol. The van der Waals surface area contributed by atoms with E-state index in [0.717, 1.165) is 6.42 Å². The molecule has 0 unspecified atom stereocenters. The Kier molecular flexibility index (Phi) is 6.53. The van der Waals surface area contributed by atoms with Crippen LogP contribution < -0.4 is 10.1 Å². The number of carbonyl (C=O) groups is 2. The summed E-state index contributed by atoms with van der Waals surface area (Å²) in [6, 6.07) is 16.8. The van der Waals surface area contributed by atoms with Gasteiger partial charge in [0.15, 0.2) is 5.82 Å². The third-order valence-electron chi connectivity index (χ3n) is 6.33. The molecule has 0 radical (unpaired) electrons. The average molecular weight is 488 g/mol. The van der Waals surface area contributed by atoms with Gasteiger partial charge in [0.25, 0.3) is 5.91 Å². The van der Waals surface area contributed by atoms with E-state index < -0.39 is 0 Å². The van der Waals surface area contributed by atoms with Gasteiger partial charge in [0.1, 0.15) is 17.1 Å². The number of halogens is 1. The maximum atomic E-state index is 13.7. The fraction of sp³-hybridized carbons (Fsp3) is 0.222. The molecule has 8 nitrogen and oxygen atoms in total. The first-order chi connectivity index (χ1) is 17.5. The summed E-state index contributed by atoms with van der Waals surface area (Å²) in [4.78, 5) is 28.3. The summed E-state index contributed by atoms with van der Waals surface area (Å²) in [6.07, 6.45) is 6.61. The fourth-order valence-corrected chi connectivity index (χ4v) is 4.45. The number of rotatable bonds is 6. The molecular formula is C27H26FN5O3. The molecule has 9 heteroatoms. The van der Waals surface area contributed by atoms with Crippen LogP contribution in [0.15, 0.2) is 79.3 Å². The van der Waals surface area contributed by atoms with E-state index in [1.807, 2.05) is 24.5 Å². The summed E-state index contributed by atoms with van der Waals surface area (Å²) in [7, 11) is 1.59. The minimum Gasteiger partial charge on any atom is -0.497 e. The van der Waals surface area contributed by atoms with Crippen molar-refractivity contribution >= 4 is 17.5 Å². The maximum Gasteiger partial charge on any atom is 0.259 e. The van der Waals surface area contributed by atoms with Gasteiger partial charge in [-0.2, -0.15) is 5.10 Å². The third kappa shape index (κ3) is 4.72. The molecule has 1 aliphatic heterocycles. The van der Waals surface area contributed by atoms with Crippen molar-refractivity contribution in [2.75, 3.05) is 25.5 Å². The molecular weight excluding hydrogens is 461 g/mol. The zero-order valence-electron chi connectivity index (χ0n) is 19.8. The Morgan fingerprint density at radius 2 is 1.78 bits per heavy atom. The molecule has 1 aliphatic rings. The number of nitrogens with zero attached hydrogens (tertiary/aromatic N) is 4. The molecule has 0 aliphatic carbocycles. The Labute approximate surface area is 207 Å². The molecule has 2 amide bonds. The van der Waals surface area contributed by atoms with Crippen LogP contribution in [0, 0.1) is 11.7 Å². The standard InChI is InChI=1S/C27H26FN5O3/c1-36-23-12-8-21(9-13-23)30-25(34)19-5-4-16-32(18-19)27(35)24-17-29-33(22-10-6-20(28)7-11-22)26(24)31-14-2-3-15-31/h2-3,6-15,17,19H,4-5,16,18H2,1H3,(H,30,34)/t19-/m0/s1. The van der Waals surface area contributed by atoms with Gasteiger partial charge in [-0.15, -0.1) is 0 Å². The molecule has 1 saturated heterocycles. The normalized spacial score (nSPS) is 15.5. The molecule has 1 atom stereocenters. The van der Waals surface area contributed by atoms with Crippen LogP contribution in [-0.2, 0) is 4.79 Å². The Balaban J connectivity index is 1.37. The molecule has 2 aromatic heterocycles. The molecule has 0 spiro atoms. The second-order valence-electron chi connectivity index (χ2n) is 8.67. The minimum atomic E-state index is -0.350. The lowest BCUT2D eigenvalue weighted by Crippen LogP contribution is -2.44. The van der Waals surface area contributed by atoms with Crippen molar-refractivity contribution in [1.82, 2.24) is 19.2 Å². The number of methoxy groups -OCH3 is 1. The van der Waals surface area contributed by atoms with Crippen LogP contribution in [0.1, 0.15) is 23.2 Å². The van der Waals surface area contributed by atoms with Crippen LogP contribution in [0.4, 0.5) is 10.1 Å². The number of amides is 2. The molecule has 1 fully saturated rings. The van der Waals surface area contributed by atoms with Crippen molar-refractivity contribution in [3.8, 4) is 17.3 Å². The van der Waals surface area contributed by atoms with Gasteiger partial charge >= 0.3 is 0 Å². The zero-order chi connectivity index (χ0) is 25.1. The molecule has 1 N–H and O–H groups in total. The number of carbonyl (C=O) groups excluding carboxylic acids is 2. The highest BCUT2D eigenvalue weighted by Crippen LogP contribution is 2.25. The maximum absolute atomic E-state index is 13.7. The predicted octanol–water partition coefficient (Wildman–Crippen LogP) is 4.30. The van der Waals surface area contributed by atoms with Gasteiger partial charge in [0, 0.05) is 31.2 Å². The number of nitrogens with one attached hydrogen (secondary N) is 1. The largest absolute Gasteiger partial charge is 0.497 e. The quantitative estimate of drug-likeness (QED) is 0.440. The highest BCUT2D eigenvalue weighted by molar-refractivity contribution is 5.98. The van der Waals surface area contributed by atoms with Crippen molar-refractivity contribution < 1.29 is 18.7 Å². The topological polar surface area (TPSA) is 81.4 Å². The lowest BCUT2D eigenvalue weighted by atomic mass is 9.96. The first kappa shape index (κ1) is 23.3. The summed E-state index contributed by atoms with van der Waals surface area (Å²) >= 11 is 0. The summed E-state index contributed by atoms with van der Waals surface area (Å²) in [5.74, 6) is 0.270. The summed E-state index contributed by atoms with van der Waals surface area (Å²) in [5, 5.41) is 7.39. The second-order valence-corrected chi connectivity index (χ2v) is 8.67. The Bertz CT molecular complexity index is 1350. The van der Waals surface area contributed by atoms with Gasteiger partial charge in [-0.05, 0) is 73.5 Å². The van der Waals surface area contributed by atoms with Crippen molar-refractivity contribution in [3.63, 3.8) is 0 Å². The molecule has 36 heavy (non-hydrogen) atoms. The van der Waals surface area contributed by atoms with E-state index in [9.17, 15) is 14.0 Å². The number of aromatic nitrogens is 3. The average Bonchev–Trinajstić information content (AvgIpc) is 3.59. The highest BCUT2D eigenvalue weighted by atomic mass is 19.1. The lowest BCUT2D eigenvalue weighted by Gasteiger charge is -2.32. The smallest absolute Gasteiger partial charge is 0.259 e. The van der Waals surface area contributed by atoms with Gasteiger partial charge in [-0.3, -0.25) is 9.59 Å². The van der Waals surface area contributed by atoms with E-state index in [-0.39, 0.29) is 23.5 Å². The number of likely N-dealkylation sites (tertiary alicyclic amines) is 1. The summed E-state index contributed by atoms with van der Waals surface area (Å²) < 4.78 is 22.1. The zero-order valence-corrected chi connectivity index (χ0v) is 19.8. The second kappa shape index (κ2) is 10.1. The van der Waals surface area contributed by atoms with E-state index in [1.54, 1.807) is 57.7 Å². The van der Waals surface area contributed by atoms with Crippen molar-refractivity contribution in [2.24, 2.45) is 5.92 Å². The van der Waals surface area contributed by atoms with Crippen LogP contribution in [-0.4, -0.2) is 51.3 Å². The fourth-order valence-electron chi connectivity index (χ4n) is 4.45. The molecule has 4 aromatic rings. The molecule has 184 valence electrons. The highest BCUT2D eigenvalue weighted by Gasteiger charge is 2.31. The van der Waals surface area contributed by atoms with Crippen LogP contribution >= 0.6 is 0 Å². The number of piperidine rings is 1. The van der Waals surface area contributed by atoms with Crippen LogP contribution in [0.25, 0.3) is 11.5 Å². The molecule has 3 heterocycles. The number of ether oxygens (including phenoxy) is 1. The van der Waals surface area contributed by atoms with Crippen molar-refractivity contribution in [3.05, 3.63) is 90.6 Å². The van der Waals surface area contributed by atoms with E-state index >= 15 is 0 Å². The Morgan fingerprint density at radius 3 is 2.47 bits per heavy atom. The summed E-state index contributed by atoms with van der Waals surface area (Å²) in [5.41, 5.74) is 1.72. The molecule has 0 bridgehead atoms. The van der Waals surface area contributed by atoms with Crippen LogP contribution in [0.5, 0.6) is 5.75 Å². The summed E-state index contributed by atoms with van der Waals surface area (Å²) in [6.45, 7) is 0.867. The van der Waals surface area contributed by atoms with Crippen LogP contribution in [0.2, 0.25) is 0 Å². The lowest BCUT2D eigenvalue weighted by molar-refractivity contribution is -0.121. The first-order valence-electron chi connectivity index (χ1n) is 11.7. The Hall–Kier alpha value is -4.40. The van der Waals surface area contributed by atoms with Gasteiger partial charge in [0.05, 0.1) is 24.9 Å². The SMILES string of the molecule is COc1ccc(NC(=O)[C@H]2CCCN(C(=O)c3cnn(-c4ccc(F)cc4)c3-n3cccc3)C2)cc1. The first-order valence-corrected chi connectivity index (χ1v) is 11.7. The molecule has 0 saturated carbocycles. The van der Waals surface area contributed by atoms with Gasteiger partial charge in [-0.1, -0.05) is 0 Å². The number of anilines is 1. The van der Waals surface area contributed by atoms with Gasteiger partial charge in [0.2, 0.25) is 5.91 Å². The number of hydrogen-bond donors (Lipinski definition) is 1. The van der Waals surface area contributed by atoms with Crippen molar-refractivity contribution in [1.29, 1.82) is 0 Å². The predicted molar refractivity (Wildman–Crippen MR) is 133 cm³/mol. The third-order valence-corrected chi connectivity index (χ3v) is 6.33. The number of hydrogen-bond acceptors (Lipinski definition) is 4. The number of benzene rings is 2. The Morgan fingerprint density at radius 1 is 1.06 bits per heavy atom. The van der Waals surface area contributed by atoms with E-state index in [0.29, 0.717) is 48.0 Å². The van der Waals surface area contributed by atoms with Crippen LogP contribution in [0.3, 0.4) is 0 Å². The minimum absolute atomic E-state index is 0.120.